The van der Waals surface area contributed by atoms with Gasteiger partial charge in [-0.25, -0.2) is 4.79 Å². The molecule has 0 aliphatic carbocycles. The van der Waals surface area contributed by atoms with Gasteiger partial charge < -0.3 is 10.1 Å². The van der Waals surface area contributed by atoms with Crippen LogP contribution in [-0.4, -0.2) is 16.1 Å². The smallest absolute Gasteiger partial charge is 0.416 e. The highest BCUT2D eigenvalue weighted by Crippen LogP contribution is 2.49. The molecule has 0 saturated heterocycles. The van der Waals surface area contributed by atoms with Crippen molar-refractivity contribution in [1.82, 2.24) is 4.98 Å². The fraction of sp³-hybridized carbons (Fsp3) is 0.207. The first-order chi connectivity index (χ1) is 16.6. The van der Waals surface area contributed by atoms with E-state index in [4.69, 9.17) is 5.11 Å². The molecule has 0 saturated carbocycles. The summed E-state index contributed by atoms with van der Waals surface area (Å²) in [4.78, 5) is 14.3. The van der Waals surface area contributed by atoms with Crippen molar-refractivity contribution in [1.29, 1.82) is 0 Å². The van der Waals surface area contributed by atoms with E-state index < -0.39 is 29.0 Å². The Hall–Kier alpha value is -3.80. The highest BCUT2D eigenvalue weighted by molar-refractivity contribution is 5.85. The number of hydrogen-bond donors (Lipinski definition) is 2. The number of carbonyl (C=O) groups is 1. The zero-order valence-electron chi connectivity index (χ0n) is 19.4. The fourth-order valence-electron chi connectivity index (χ4n) is 4.89. The second kappa shape index (κ2) is 9.45. The molecular weight excluding hydrogens is 451 g/mol. The minimum absolute atomic E-state index is 0.244. The monoisotopic (exact) mass is 477 g/mol. The predicted octanol–water partition coefficient (Wildman–Crippen LogP) is 7.78. The van der Waals surface area contributed by atoms with Gasteiger partial charge in [0.25, 0.3) is 0 Å². The first kappa shape index (κ1) is 24.3. The summed E-state index contributed by atoms with van der Waals surface area (Å²) in [5.41, 5.74) is 1.98. The molecule has 0 radical (unpaired) electrons. The van der Waals surface area contributed by atoms with Gasteiger partial charge in [0.05, 0.1) is 5.56 Å². The van der Waals surface area contributed by atoms with Crippen molar-refractivity contribution in [2.24, 2.45) is 0 Å². The predicted molar refractivity (Wildman–Crippen MR) is 132 cm³/mol. The summed E-state index contributed by atoms with van der Waals surface area (Å²) in [5.74, 6) is -1.46. The van der Waals surface area contributed by atoms with Gasteiger partial charge in [0, 0.05) is 28.6 Å². The SMILES string of the molecule is CCC(C)(c1ccccc1C(F)(F)F)C(c1ccc(/C=C/C(=O)O)cc1)c1cc2ccccc2[nH]1. The summed E-state index contributed by atoms with van der Waals surface area (Å²) < 4.78 is 42.3. The number of carboxylic acids is 1. The van der Waals surface area contributed by atoms with Crippen molar-refractivity contribution in [3.8, 4) is 0 Å². The number of aliphatic carboxylic acids is 1. The molecule has 0 bridgehead atoms. The lowest BCUT2D eigenvalue weighted by molar-refractivity contribution is -0.139. The van der Waals surface area contributed by atoms with Crippen molar-refractivity contribution >= 4 is 22.9 Å². The maximum Gasteiger partial charge on any atom is 0.416 e. The van der Waals surface area contributed by atoms with Gasteiger partial charge in [-0.2, -0.15) is 13.2 Å². The van der Waals surface area contributed by atoms with Gasteiger partial charge >= 0.3 is 12.1 Å². The molecule has 1 aromatic heterocycles. The Morgan fingerprint density at radius 1 is 0.971 bits per heavy atom. The van der Waals surface area contributed by atoms with E-state index in [-0.39, 0.29) is 5.56 Å². The molecule has 35 heavy (non-hydrogen) atoms. The minimum atomic E-state index is -4.48. The van der Waals surface area contributed by atoms with Crippen LogP contribution in [0, 0.1) is 0 Å². The molecule has 180 valence electrons. The van der Waals surface area contributed by atoms with E-state index in [9.17, 15) is 18.0 Å². The summed E-state index contributed by atoms with van der Waals surface area (Å²) in [6.45, 7) is 3.79. The van der Waals surface area contributed by atoms with Crippen LogP contribution >= 0.6 is 0 Å². The molecule has 2 unspecified atom stereocenters. The quantitative estimate of drug-likeness (QED) is 0.267. The Labute approximate surface area is 201 Å². The van der Waals surface area contributed by atoms with Crippen LogP contribution in [0.1, 0.15) is 54.1 Å². The van der Waals surface area contributed by atoms with Crippen molar-refractivity contribution < 1.29 is 23.1 Å². The lowest BCUT2D eigenvalue weighted by atomic mass is 9.65. The number of benzene rings is 3. The standard InChI is InChI=1S/C29H26F3NO2/c1-3-28(2,22-9-5-6-10-23(22)29(30,31)32)27(25-18-21-8-4-7-11-24(21)33-25)20-15-12-19(13-16-20)14-17-26(34)35/h4-18,27,33H,3H2,1-2H3,(H,34,35)/b17-14+. The van der Waals surface area contributed by atoms with E-state index in [2.05, 4.69) is 4.98 Å². The number of fused-ring (bicyclic) bond motifs is 1. The zero-order valence-corrected chi connectivity index (χ0v) is 19.4. The molecule has 3 nitrogen and oxygen atoms in total. The first-order valence-corrected chi connectivity index (χ1v) is 11.4. The number of halogens is 3. The molecular formula is C29H26F3NO2. The Balaban J connectivity index is 1.93. The van der Waals surface area contributed by atoms with Gasteiger partial charge in [-0.05, 0) is 52.8 Å². The maximum absolute atomic E-state index is 14.1. The fourth-order valence-corrected chi connectivity index (χ4v) is 4.89. The molecule has 4 aromatic rings. The van der Waals surface area contributed by atoms with Crippen LogP contribution in [0.5, 0.6) is 0 Å². The Kier molecular flexibility index (Phi) is 6.57. The van der Waals surface area contributed by atoms with E-state index in [0.717, 1.165) is 34.3 Å². The van der Waals surface area contributed by atoms with E-state index in [0.29, 0.717) is 12.0 Å². The van der Waals surface area contributed by atoms with E-state index in [1.165, 1.54) is 12.1 Å². The van der Waals surface area contributed by atoms with Gasteiger partial charge in [0.2, 0.25) is 0 Å². The van der Waals surface area contributed by atoms with Crippen LogP contribution in [0.25, 0.3) is 17.0 Å². The normalized spacial score (nSPS) is 14.8. The molecule has 1 heterocycles. The second-order valence-corrected chi connectivity index (χ2v) is 8.90. The summed E-state index contributed by atoms with van der Waals surface area (Å²) in [6.07, 6.45) is -1.48. The third-order valence-corrected chi connectivity index (χ3v) is 6.77. The summed E-state index contributed by atoms with van der Waals surface area (Å²) in [7, 11) is 0. The molecule has 0 aliphatic heterocycles. The topological polar surface area (TPSA) is 53.1 Å². The lowest BCUT2D eigenvalue weighted by Gasteiger charge is -2.39. The average Bonchev–Trinajstić information content (AvgIpc) is 3.26. The molecule has 2 N–H and O–H groups in total. The number of alkyl halides is 3. The number of H-pyrrole nitrogens is 1. The molecule has 6 heteroatoms. The minimum Gasteiger partial charge on any atom is -0.478 e. The molecule has 0 spiro atoms. The Bertz CT molecular complexity index is 1340. The van der Waals surface area contributed by atoms with Crippen LogP contribution in [0.4, 0.5) is 13.2 Å². The van der Waals surface area contributed by atoms with Crippen LogP contribution in [0.15, 0.2) is 84.9 Å². The first-order valence-electron chi connectivity index (χ1n) is 11.4. The van der Waals surface area contributed by atoms with Crippen LogP contribution in [0.2, 0.25) is 0 Å². The highest BCUT2D eigenvalue weighted by Gasteiger charge is 2.44. The van der Waals surface area contributed by atoms with Crippen molar-refractivity contribution in [2.45, 2.75) is 37.8 Å². The van der Waals surface area contributed by atoms with Crippen LogP contribution in [0.3, 0.4) is 0 Å². The van der Waals surface area contributed by atoms with E-state index in [1.807, 2.05) is 56.3 Å². The van der Waals surface area contributed by atoms with Gasteiger partial charge in [0.15, 0.2) is 0 Å². The van der Waals surface area contributed by atoms with E-state index >= 15 is 0 Å². The van der Waals surface area contributed by atoms with Gasteiger partial charge in [0.1, 0.15) is 0 Å². The second-order valence-electron chi connectivity index (χ2n) is 8.90. The molecule has 0 amide bonds. The molecule has 4 rings (SSSR count). The van der Waals surface area contributed by atoms with E-state index in [1.54, 1.807) is 24.3 Å². The van der Waals surface area contributed by atoms with Gasteiger partial charge in [-0.1, -0.05) is 74.5 Å². The summed E-state index contributed by atoms with van der Waals surface area (Å²) >= 11 is 0. The van der Waals surface area contributed by atoms with Gasteiger partial charge in [-0.15, -0.1) is 0 Å². The Morgan fingerprint density at radius 3 is 2.20 bits per heavy atom. The third-order valence-electron chi connectivity index (χ3n) is 6.77. The lowest BCUT2D eigenvalue weighted by Crippen LogP contribution is -2.33. The highest BCUT2D eigenvalue weighted by atomic mass is 19.4. The number of nitrogens with one attached hydrogen (secondary N) is 1. The van der Waals surface area contributed by atoms with Crippen LogP contribution < -0.4 is 0 Å². The number of aromatic nitrogens is 1. The number of rotatable bonds is 7. The van der Waals surface area contributed by atoms with Crippen molar-refractivity contribution in [3.05, 3.63) is 113 Å². The number of hydrogen-bond acceptors (Lipinski definition) is 1. The summed E-state index contributed by atoms with van der Waals surface area (Å²) in [6, 6.07) is 22.9. The maximum atomic E-state index is 14.1. The molecule has 0 fully saturated rings. The molecule has 0 aliphatic rings. The third kappa shape index (κ3) is 4.87. The average molecular weight is 478 g/mol. The number of carboxylic acid groups (broad SMARTS) is 1. The molecule has 2 atom stereocenters. The molecule has 3 aromatic carbocycles. The largest absolute Gasteiger partial charge is 0.478 e. The summed E-state index contributed by atoms with van der Waals surface area (Å²) in [5, 5.41) is 9.89. The Morgan fingerprint density at radius 2 is 1.60 bits per heavy atom. The van der Waals surface area contributed by atoms with Crippen LogP contribution in [-0.2, 0) is 16.4 Å². The number of para-hydroxylation sites is 1. The van der Waals surface area contributed by atoms with Crippen molar-refractivity contribution in [2.75, 3.05) is 0 Å². The van der Waals surface area contributed by atoms with Gasteiger partial charge in [-0.3, -0.25) is 0 Å². The number of aromatic amines is 1. The van der Waals surface area contributed by atoms with Crippen molar-refractivity contribution in [3.63, 3.8) is 0 Å². The zero-order chi connectivity index (χ0) is 25.2.